The van der Waals surface area contributed by atoms with Crippen molar-refractivity contribution >= 4 is 28.8 Å². The van der Waals surface area contributed by atoms with Gasteiger partial charge in [-0.05, 0) is 13.0 Å². The van der Waals surface area contributed by atoms with Crippen molar-refractivity contribution in [3.05, 3.63) is 45.3 Å². The molecule has 0 radical (unpaired) electrons. The standard InChI is InChI=1S/C12H9N5O3S2/c1-7-13-16-12(22-7)21-6-10-14-15-11(20-10)8-3-2-4-9(5-8)17(18)19/h2-5H,6H2,1H3. The van der Waals surface area contributed by atoms with E-state index in [2.05, 4.69) is 20.4 Å². The van der Waals surface area contributed by atoms with Gasteiger partial charge in [-0.1, -0.05) is 29.2 Å². The molecule has 1 aromatic carbocycles. The van der Waals surface area contributed by atoms with E-state index in [1.165, 1.54) is 35.2 Å². The predicted molar refractivity (Wildman–Crippen MR) is 80.6 cm³/mol. The molecule has 3 rings (SSSR count). The van der Waals surface area contributed by atoms with E-state index >= 15 is 0 Å². The number of aromatic nitrogens is 4. The Morgan fingerprint density at radius 2 is 2.18 bits per heavy atom. The van der Waals surface area contributed by atoms with Gasteiger partial charge >= 0.3 is 0 Å². The van der Waals surface area contributed by atoms with Gasteiger partial charge in [-0.2, -0.15) is 0 Å². The first kappa shape index (κ1) is 14.6. The van der Waals surface area contributed by atoms with Crippen LogP contribution >= 0.6 is 23.1 Å². The third kappa shape index (κ3) is 3.28. The van der Waals surface area contributed by atoms with Crippen LogP contribution in [0.1, 0.15) is 10.9 Å². The largest absolute Gasteiger partial charge is 0.420 e. The number of benzene rings is 1. The summed E-state index contributed by atoms with van der Waals surface area (Å²) in [4.78, 5) is 10.3. The molecule has 0 fully saturated rings. The van der Waals surface area contributed by atoms with Crippen molar-refractivity contribution in [1.82, 2.24) is 20.4 Å². The summed E-state index contributed by atoms with van der Waals surface area (Å²) in [6, 6.07) is 6.08. The van der Waals surface area contributed by atoms with E-state index < -0.39 is 4.92 Å². The first-order valence-electron chi connectivity index (χ1n) is 6.12. The van der Waals surface area contributed by atoms with E-state index in [4.69, 9.17) is 4.42 Å². The van der Waals surface area contributed by atoms with Crippen molar-refractivity contribution < 1.29 is 9.34 Å². The average Bonchev–Trinajstić information content (AvgIpc) is 3.14. The maximum Gasteiger partial charge on any atom is 0.270 e. The lowest BCUT2D eigenvalue weighted by molar-refractivity contribution is -0.384. The van der Waals surface area contributed by atoms with Crippen LogP contribution in [0.3, 0.4) is 0 Å². The lowest BCUT2D eigenvalue weighted by Gasteiger charge is -1.95. The van der Waals surface area contributed by atoms with Crippen molar-refractivity contribution in [3.8, 4) is 11.5 Å². The maximum atomic E-state index is 10.8. The van der Waals surface area contributed by atoms with Crippen LogP contribution in [0.15, 0.2) is 33.0 Å². The molecule has 0 N–H and O–H groups in total. The molecule has 0 saturated heterocycles. The van der Waals surface area contributed by atoms with Crippen LogP contribution in [0.4, 0.5) is 5.69 Å². The molecule has 2 heterocycles. The van der Waals surface area contributed by atoms with Crippen LogP contribution < -0.4 is 0 Å². The fourth-order valence-electron chi connectivity index (χ4n) is 1.64. The number of hydrogen-bond acceptors (Lipinski definition) is 9. The van der Waals surface area contributed by atoms with Gasteiger partial charge < -0.3 is 4.42 Å². The molecular weight excluding hydrogens is 326 g/mol. The van der Waals surface area contributed by atoms with Crippen LogP contribution in [0.2, 0.25) is 0 Å². The van der Waals surface area contributed by atoms with E-state index in [1.807, 2.05) is 6.92 Å². The monoisotopic (exact) mass is 335 g/mol. The second-order valence-electron chi connectivity index (χ2n) is 4.18. The third-order valence-electron chi connectivity index (χ3n) is 2.60. The Labute approximate surface area is 132 Å². The highest BCUT2D eigenvalue weighted by atomic mass is 32.2. The summed E-state index contributed by atoms with van der Waals surface area (Å²) in [7, 11) is 0. The van der Waals surface area contributed by atoms with Crippen LogP contribution in [-0.4, -0.2) is 25.3 Å². The first-order chi connectivity index (χ1) is 10.6. The molecule has 0 bridgehead atoms. The van der Waals surface area contributed by atoms with Crippen LogP contribution in [0.5, 0.6) is 0 Å². The van der Waals surface area contributed by atoms with Crippen LogP contribution in [-0.2, 0) is 5.75 Å². The lowest BCUT2D eigenvalue weighted by atomic mass is 10.2. The zero-order valence-electron chi connectivity index (χ0n) is 11.3. The summed E-state index contributed by atoms with van der Waals surface area (Å²) in [5.41, 5.74) is 0.501. The summed E-state index contributed by atoms with van der Waals surface area (Å²) in [6.45, 7) is 1.88. The number of hydrogen-bond donors (Lipinski definition) is 0. The van der Waals surface area contributed by atoms with E-state index in [-0.39, 0.29) is 11.6 Å². The van der Waals surface area contributed by atoms with Gasteiger partial charge in [0.1, 0.15) is 5.01 Å². The molecule has 22 heavy (non-hydrogen) atoms. The number of nitrogens with zero attached hydrogens (tertiary/aromatic N) is 5. The van der Waals surface area contributed by atoms with E-state index in [1.54, 1.807) is 12.1 Å². The molecule has 0 spiro atoms. The fraction of sp³-hybridized carbons (Fsp3) is 0.167. The molecular formula is C12H9N5O3S2. The Kier molecular flexibility index (Phi) is 4.11. The Hall–Kier alpha value is -2.33. The van der Waals surface area contributed by atoms with Gasteiger partial charge in [0.2, 0.25) is 11.8 Å². The smallest absolute Gasteiger partial charge is 0.270 e. The summed E-state index contributed by atoms with van der Waals surface area (Å²) in [5.74, 6) is 1.16. The molecule has 0 atom stereocenters. The SMILES string of the molecule is Cc1nnc(SCc2nnc(-c3cccc([N+](=O)[O-])c3)o2)s1. The maximum absolute atomic E-state index is 10.8. The van der Waals surface area contributed by atoms with E-state index in [9.17, 15) is 10.1 Å². The Balaban J connectivity index is 1.73. The van der Waals surface area contributed by atoms with Crippen LogP contribution in [0, 0.1) is 17.0 Å². The lowest BCUT2D eigenvalue weighted by Crippen LogP contribution is -1.88. The number of rotatable bonds is 5. The minimum Gasteiger partial charge on any atom is -0.420 e. The van der Waals surface area contributed by atoms with E-state index in [0.29, 0.717) is 17.2 Å². The van der Waals surface area contributed by atoms with E-state index in [0.717, 1.165) is 9.35 Å². The summed E-state index contributed by atoms with van der Waals surface area (Å²) in [5, 5.41) is 27.4. The molecule has 0 aliphatic heterocycles. The summed E-state index contributed by atoms with van der Waals surface area (Å²) < 4.78 is 6.35. The molecule has 3 aromatic rings. The molecule has 0 aliphatic rings. The first-order valence-corrected chi connectivity index (χ1v) is 7.92. The number of aryl methyl sites for hydroxylation is 1. The Morgan fingerprint density at radius 1 is 1.32 bits per heavy atom. The number of nitro benzene ring substituents is 1. The molecule has 0 aliphatic carbocycles. The zero-order valence-corrected chi connectivity index (χ0v) is 12.9. The predicted octanol–water partition coefficient (Wildman–Crippen LogP) is 3.10. The zero-order chi connectivity index (χ0) is 15.5. The average molecular weight is 335 g/mol. The van der Waals surface area contributed by atoms with Crippen molar-refractivity contribution in [2.75, 3.05) is 0 Å². The topological polar surface area (TPSA) is 108 Å². The van der Waals surface area contributed by atoms with Crippen molar-refractivity contribution in [2.24, 2.45) is 0 Å². The highest BCUT2D eigenvalue weighted by Gasteiger charge is 2.13. The Bertz CT molecular complexity index is 816. The normalized spacial score (nSPS) is 10.8. The molecule has 0 saturated carbocycles. The third-order valence-corrected chi connectivity index (χ3v) is 4.55. The van der Waals surface area contributed by atoms with Gasteiger partial charge in [-0.25, -0.2) is 0 Å². The number of non-ortho nitro benzene ring substituents is 1. The fourth-order valence-corrected chi connectivity index (χ4v) is 3.29. The molecule has 10 heteroatoms. The molecule has 8 nitrogen and oxygen atoms in total. The number of thioether (sulfide) groups is 1. The minimum atomic E-state index is -0.464. The molecule has 2 aromatic heterocycles. The van der Waals surface area contributed by atoms with Gasteiger partial charge in [0, 0.05) is 17.7 Å². The second-order valence-corrected chi connectivity index (χ2v) is 6.59. The Morgan fingerprint density at radius 3 is 2.91 bits per heavy atom. The summed E-state index contributed by atoms with van der Waals surface area (Å²) >= 11 is 2.94. The molecule has 0 amide bonds. The van der Waals surface area contributed by atoms with Gasteiger partial charge in [-0.3, -0.25) is 10.1 Å². The van der Waals surface area contributed by atoms with Crippen molar-refractivity contribution in [3.63, 3.8) is 0 Å². The van der Waals surface area contributed by atoms with Gasteiger partial charge in [0.15, 0.2) is 4.34 Å². The second kappa shape index (κ2) is 6.20. The van der Waals surface area contributed by atoms with Crippen molar-refractivity contribution in [2.45, 2.75) is 17.0 Å². The van der Waals surface area contributed by atoms with Gasteiger partial charge in [0.25, 0.3) is 5.69 Å². The van der Waals surface area contributed by atoms with Gasteiger partial charge in [0.05, 0.1) is 10.7 Å². The molecule has 112 valence electrons. The van der Waals surface area contributed by atoms with Crippen molar-refractivity contribution in [1.29, 1.82) is 0 Å². The summed E-state index contributed by atoms with van der Waals surface area (Å²) in [6.07, 6.45) is 0. The minimum absolute atomic E-state index is 0.0176. The van der Waals surface area contributed by atoms with Crippen LogP contribution in [0.25, 0.3) is 11.5 Å². The van der Waals surface area contributed by atoms with Gasteiger partial charge in [-0.15, -0.1) is 20.4 Å². The molecule has 0 unspecified atom stereocenters. The quantitative estimate of drug-likeness (QED) is 0.397. The number of nitro groups is 1. The highest BCUT2D eigenvalue weighted by molar-refractivity contribution is 8.00. The highest BCUT2D eigenvalue weighted by Crippen LogP contribution is 2.27.